The molecule has 0 heterocycles. The monoisotopic (exact) mass is 236 g/mol. The normalized spacial score (nSPS) is 10.1. The SMILES string of the molecule is CCOC(=O)c1cc(CC(C)=O)ccc1CO. The van der Waals surface area contributed by atoms with Gasteiger partial charge in [-0.3, -0.25) is 4.79 Å². The molecule has 0 unspecified atom stereocenters. The number of rotatable bonds is 5. The molecule has 92 valence electrons. The van der Waals surface area contributed by atoms with E-state index in [0.717, 1.165) is 5.56 Å². The molecule has 4 nitrogen and oxygen atoms in total. The number of aliphatic hydroxyl groups is 1. The number of carbonyl (C=O) groups is 2. The van der Waals surface area contributed by atoms with E-state index in [1.165, 1.54) is 6.92 Å². The van der Waals surface area contributed by atoms with Crippen molar-refractivity contribution >= 4 is 11.8 Å². The van der Waals surface area contributed by atoms with Crippen LogP contribution in [0, 0.1) is 0 Å². The zero-order chi connectivity index (χ0) is 12.8. The highest BCUT2D eigenvalue weighted by Crippen LogP contribution is 2.14. The minimum absolute atomic E-state index is 0.0246. The zero-order valence-corrected chi connectivity index (χ0v) is 10.0. The molecule has 17 heavy (non-hydrogen) atoms. The number of esters is 1. The molecular formula is C13H16O4. The Morgan fingerprint density at radius 1 is 1.35 bits per heavy atom. The van der Waals surface area contributed by atoms with E-state index in [2.05, 4.69) is 0 Å². The number of ketones is 1. The number of carbonyl (C=O) groups excluding carboxylic acids is 2. The van der Waals surface area contributed by atoms with Gasteiger partial charge >= 0.3 is 5.97 Å². The fourth-order valence-corrected chi connectivity index (χ4v) is 1.56. The van der Waals surface area contributed by atoms with E-state index in [1.54, 1.807) is 25.1 Å². The Labute approximate surface area is 100 Å². The van der Waals surface area contributed by atoms with Gasteiger partial charge in [-0.15, -0.1) is 0 Å². The van der Waals surface area contributed by atoms with Crippen LogP contribution in [-0.2, 0) is 22.6 Å². The number of benzene rings is 1. The van der Waals surface area contributed by atoms with Crippen LogP contribution in [0.5, 0.6) is 0 Å². The molecule has 0 saturated carbocycles. The van der Waals surface area contributed by atoms with Crippen molar-refractivity contribution in [3.05, 3.63) is 34.9 Å². The number of hydrogen-bond donors (Lipinski definition) is 1. The summed E-state index contributed by atoms with van der Waals surface area (Å²) in [6, 6.07) is 4.98. The van der Waals surface area contributed by atoms with E-state index in [9.17, 15) is 9.59 Å². The molecule has 0 radical (unpaired) electrons. The quantitative estimate of drug-likeness (QED) is 0.787. The zero-order valence-electron chi connectivity index (χ0n) is 10.0. The second-order valence-corrected chi connectivity index (χ2v) is 3.75. The van der Waals surface area contributed by atoms with Crippen LogP contribution in [0.2, 0.25) is 0 Å². The van der Waals surface area contributed by atoms with E-state index in [1.807, 2.05) is 0 Å². The van der Waals surface area contributed by atoms with Crippen molar-refractivity contribution in [1.82, 2.24) is 0 Å². The molecule has 0 amide bonds. The highest BCUT2D eigenvalue weighted by atomic mass is 16.5. The van der Waals surface area contributed by atoms with E-state index >= 15 is 0 Å². The molecule has 1 N–H and O–H groups in total. The standard InChI is InChI=1S/C13H16O4/c1-3-17-13(16)12-7-10(6-9(2)15)4-5-11(12)8-14/h4-5,7,14H,3,6,8H2,1-2H3. The van der Waals surface area contributed by atoms with Gasteiger partial charge in [-0.1, -0.05) is 12.1 Å². The van der Waals surface area contributed by atoms with E-state index in [-0.39, 0.29) is 25.4 Å². The molecule has 0 fully saturated rings. The summed E-state index contributed by atoms with van der Waals surface area (Å²) in [5, 5.41) is 9.13. The molecule has 0 bridgehead atoms. The number of Topliss-reactive ketones (excluding diaryl/α,β-unsaturated/α-hetero) is 1. The Kier molecular flexibility index (Phi) is 4.84. The van der Waals surface area contributed by atoms with Crippen molar-refractivity contribution in [2.75, 3.05) is 6.61 Å². The van der Waals surface area contributed by atoms with Crippen molar-refractivity contribution in [3.8, 4) is 0 Å². The smallest absolute Gasteiger partial charge is 0.338 e. The van der Waals surface area contributed by atoms with Crippen LogP contribution in [0.4, 0.5) is 0 Å². The van der Waals surface area contributed by atoms with Crippen molar-refractivity contribution in [3.63, 3.8) is 0 Å². The predicted octanol–water partition coefficient (Wildman–Crippen LogP) is 1.49. The van der Waals surface area contributed by atoms with Crippen molar-refractivity contribution in [2.24, 2.45) is 0 Å². The van der Waals surface area contributed by atoms with Gasteiger partial charge < -0.3 is 9.84 Å². The predicted molar refractivity (Wildman–Crippen MR) is 62.7 cm³/mol. The first kappa shape index (κ1) is 13.4. The van der Waals surface area contributed by atoms with Gasteiger partial charge in [-0.25, -0.2) is 4.79 Å². The molecular weight excluding hydrogens is 220 g/mol. The number of aliphatic hydroxyl groups excluding tert-OH is 1. The molecule has 0 aliphatic carbocycles. The summed E-state index contributed by atoms with van der Waals surface area (Å²) in [4.78, 5) is 22.7. The minimum Gasteiger partial charge on any atom is -0.462 e. The molecule has 1 aromatic rings. The van der Waals surface area contributed by atoms with Crippen molar-refractivity contribution < 1.29 is 19.4 Å². The lowest BCUT2D eigenvalue weighted by Gasteiger charge is -2.08. The molecule has 4 heteroatoms. The van der Waals surface area contributed by atoms with E-state index in [4.69, 9.17) is 9.84 Å². The lowest BCUT2D eigenvalue weighted by Crippen LogP contribution is -2.09. The topological polar surface area (TPSA) is 63.6 Å². The maximum absolute atomic E-state index is 11.6. The minimum atomic E-state index is -0.470. The summed E-state index contributed by atoms with van der Waals surface area (Å²) in [6.45, 7) is 3.26. The first-order valence-electron chi connectivity index (χ1n) is 5.47. The van der Waals surface area contributed by atoms with Gasteiger partial charge in [0.05, 0.1) is 18.8 Å². The molecule has 0 atom stereocenters. The second kappa shape index (κ2) is 6.15. The Morgan fingerprint density at radius 2 is 2.06 bits per heavy atom. The molecule has 0 spiro atoms. The fraction of sp³-hybridized carbons (Fsp3) is 0.385. The molecule has 1 aromatic carbocycles. The average molecular weight is 236 g/mol. The van der Waals surface area contributed by atoms with Gasteiger partial charge in [0.25, 0.3) is 0 Å². The van der Waals surface area contributed by atoms with Gasteiger partial charge in [-0.2, -0.15) is 0 Å². The maximum atomic E-state index is 11.6. The number of ether oxygens (including phenoxy) is 1. The van der Waals surface area contributed by atoms with Gasteiger partial charge in [0.1, 0.15) is 5.78 Å². The Hall–Kier alpha value is -1.68. The molecule has 1 rings (SSSR count). The Bertz CT molecular complexity index is 423. The molecule has 0 aliphatic heterocycles. The summed E-state index contributed by atoms with van der Waals surface area (Å²) in [5.74, 6) is -0.446. The lowest BCUT2D eigenvalue weighted by atomic mass is 10.0. The second-order valence-electron chi connectivity index (χ2n) is 3.75. The third-order valence-corrected chi connectivity index (χ3v) is 2.29. The fourth-order valence-electron chi connectivity index (χ4n) is 1.56. The van der Waals surface area contributed by atoms with Crippen LogP contribution >= 0.6 is 0 Å². The molecule has 0 aromatic heterocycles. The molecule has 0 aliphatic rings. The highest BCUT2D eigenvalue weighted by Gasteiger charge is 2.13. The van der Waals surface area contributed by atoms with E-state index < -0.39 is 5.97 Å². The Morgan fingerprint density at radius 3 is 2.59 bits per heavy atom. The number of hydrogen-bond acceptors (Lipinski definition) is 4. The van der Waals surface area contributed by atoms with Crippen molar-refractivity contribution in [1.29, 1.82) is 0 Å². The van der Waals surface area contributed by atoms with Crippen LogP contribution < -0.4 is 0 Å². The van der Waals surface area contributed by atoms with Crippen LogP contribution in [0.25, 0.3) is 0 Å². The summed E-state index contributed by atoms with van der Waals surface area (Å²) in [5.41, 5.74) is 1.58. The summed E-state index contributed by atoms with van der Waals surface area (Å²) >= 11 is 0. The maximum Gasteiger partial charge on any atom is 0.338 e. The van der Waals surface area contributed by atoms with Gasteiger partial charge in [0.2, 0.25) is 0 Å². The first-order chi connectivity index (χ1) is 8.08. The van der Waals surface area contributed by atoms with Crippen LogP contribution in [0.1, 0.15) is 35.3 Å². The van der Waals surface area contributed by atoms with Gasteiger partial charge in [-0.05, 0) is 31.0 Å². The van der Waals surface area contributed by atoms with Gasteiger partial charge in [0, 0.05) is 6.42 Å². The summed E-state index contributed by atoms with van der Waals surface area (Å²) < 4.78 is 4.90. The van der Waals surface area contributed by atoms with Crippen molar-refractivity contribution in [2.45, 2.75) is 26.9 Å². The van der Waals surface area contributed by atoms with Crippen LogP contribution in [0.15, 0.2) is 18.2 Å². The lowest BCUT2D eigenvalue weighted by molar-refractivity contribution is -0.116. The Balaban J connectivity index is 3.05. The highest BCUT2D eigenvalue weighted by molar-refractivity contribution is 5.91. The summed E-state index contributed by atoms with van der Waals surface area (Å²) in [6.07, 6.45) is 0.276. The van der Waals surface area contributed by atoms with Crippen LogP contribution in [-0.4, -0.2) is 23.5 Å². The van der Waals surface area contributed by atoms with Gasteiger partial charge in [0.15, 0.2) is 0 Å². The largest absolute Gasteiger partial charge is 0.462 e. The first-order valence-corrected chi connectivity index (χ1v) is 5.47. The van der Waals surface area contributed by atoms with E-state index in [0.29, 0.717) is 11.1 Å². The third-order valence-electron chi connectivity index (χ3n) is 2.29. The third kappa shape index (κ3) is 3.67. The average Bonchev–Trinajstić information content (AvgIpc) is 2.28. The summed E-state index contributed by atoms with van der Waals surface area (Å²) in [7, 11) is 0. The van der Waals surface area contributed by atoms with Crippen LogP contribution in [0.3, 0.4) is 0 Å². The molecule has 0 saturated heterocycles.